The van der Waals surface area contributed by atoms with Gasteiger partial charge in [-0.05, 0) is 76.0 Å². The average molecular weight is 322 g/mol. The molecule has 2 aliphatic heterocycles. The maximum absolute atomic E-state index is 13.8. The molecule has 1 aromatic rings. The van der Waals surface area contributed by atoms with Crippen LogP contribution in [0.15, 0.2) is 18.2 Å². The summed E-state index contributed by atoms with van der Waals surface area (Å²) in [5.41, 5.74) is -0.0973. The molecule has 1 unspecified atom stereocenters. The zero-order chi connectivity index (χ0) is 16.2. The summed E-state index contributed by atoms with van der Waals surface area (Å²) in [5.74, 6) is -0.922. The van der Waals surface area contributed by atoms with Gasteiger partial charge in [0.2, 0.25) is 0 Å². The molecule has 23 heavy (non-hydrogen) atoms. The van der Waals surface area contributed by atoms with Crippen molar-refractivity contribution < 1.29 is 13.6 Å². The Morgan fingerprint density at radius 2 is 2.00 bits per heavy atom. The molecule has 0 aromatic heterocycles. The van der Waals surface area contributed by atoms with Crippen LogP contribution in [0.4, 0.5) is 8.78 Å². The number of halogens is 2. The molecule has 1 aromatic carbocycles. The summed E-state index contributed by atoms with van der Waals surface area (Å²) in [4.78, 5) is 14.8. The van der Waals surface area contributed by atoms with Crippen molar-refractivity contribution in [2.24, 2.45) is 11.8 Å². The van der Waals surface area contributed by atoms with E-state index in [0.29, 0.717) is 5.92 Å². The van der Waals surface area contributed by atoms with Crippen molar-refractivity contribution in [3.63, 3.8) is 0 Å². The van der Waals surface area contributed by atoms with Crippen LogP contribution in [0.5, 0.6) is 0 Å². The summed E-state index contributed by atoms with van der Waals surface area (Å²) in [6.45, 7) is 5.00. The minimum atomic E-state index is -0.618. The first-order valence-electron chi connectivity index (χ1n) is 8.56. The van der Waals surface area contributed by atoms with E-state index >= 15 is 0 Å². The fourth-order valence-electron chi connectivity index (χ4n) is 3.73. The number of hydrogen-bond donors (Lipinski definition) is 1. The molecule has 2 saturated heterocycles. The molecular formula is C18H24F2N2O. The summed E-state index contributed by atoms with van der Waals surface area (Å²) in [6, 6.07) is 3.11. The summed E-state index contributed by atoms with van der Waals surface area (Å²) in [7, 11) is 0. The highest BCUT2D eigenvalue weighted by atomic mass is 19.1. The van der Waals surface area contributed by atoms with E-state index in [9.17, 15) is 13.6 Å². The standard InChI is InChI=1S/C18H24F2N2O/c19-15-3-4-17(20)16(10-15)18(23)14-5-8-22(9-6-14)12-13-2-1-7-21-11-13/h3-4,10,13-14,21H,1-2,5-9,11-12H2. The molecule has 1 N–H and O–H groups in total. The molecule has 2 heterocycles. The van der Waals surface area contributed by atoms with Gasteiger partial charge < -0.3 is 10.2 Å². The van der Waals surface area contributed by atoms with Crippen LogP contribution in [0.1, 0.15) is 36.0 Å². The number of Topliss-reactive ketones (excluding diaryl/α,β-unsaturated/α-hetero) is 1. The first-order chi connectivity index (χ1) is 11.1. The number of ketones is 1. The normalized spacial score (nSPS) is 23.8. The first-order valence-corrected chi connectivity index (χ1v) is 8.56. The molecule has 5 heteroatoms. The van der Waals surface area contributed by atoms with Gasteiger partial charge in [-0.15, -0.1) is 0 Å². The van der Waals surface area contributed by atoms with Gasteiger partial charge in [-0.2, -0.15) is 0 Å². The molecule has 126 valence electrons. The van der Waals surface area contributed by atoms with E-state index < -0.39 is 11.6 Å². The predicted molar refractivity (Wildman–Crippen MR) is 85.4 cm³/mol. The maximum Gasteiger partial charge on any atom is 0.169 e. The van der Waals surface area contributed by atoms with E-state index in [1.54, 1.807) is 0 Å². The molecule has 3 rings (SSSR count). The van der Waals surface area contributed by atoms with E-state index in [4.69, 9.17) is 0 Å². The zero-order valence-corrected chi connectivity index (χ0v) is 13.4. The molecule has 2 aliphatic rings. The highest BCUT2D eigenvalue weighted by Crippen LogP contribution is 2.25. The second-order valence-electron chi connectivity index (χ2n) is 6.78. The van der Waals surface area contributed by atoms with Crippen LogP contribution in [0, 0.1) is 23.5 Å². The van der Waals surface area contributed by atoms with Gasteiger partial charge in [0.1, 0.15) is 11.6 Å². The average Bonchev–Trinajstić information content (AvgIpc) is 2.58. The number of likely N-dealkylation sites (tertiary alicyclic amines) is 1. The van der Waals surface area contributed by atoms with E-state index in [1.807, 2.05) is 0 Å². The lowest BCUT2D eigenvalue weighted by Crippen LogP contribution is -2.42. The summed E-state index contributed by atoms with van der Waals surface area (Å²) in [5, 5.41) is 3.43. The van der Waals surface area contributed by atoms with Crippen molar-refractivity contribution in [2.75, 3.05) is 32.7 Å². The second kappa shape index (κ2) is 7.49. The number of nitrogens with one attached hydrogen (secondary N) is 1. The molecule has 3 nitrogen and oxygen atoms in total. The van der Waals surface area contributed by atoms with Crippen LogP contribution in [-0.2, 0) is 0 Å². The van der Waals surface area contributed by atoms with E-state index in [2.05, 4.69) is 10.2 Å². The number of carbonyl (C=O) groups excluding carboxylic acids is 1. The molecule has 0 amide bonds. The van der Waals surface area contributed by atoms with Crippen molar-refractivity contribution in [3.05, 3.63) is 35.4 Å². The number of nitrogens with zero attached hydrogens (tertiary/aromatic N) is 1. The first kappa shape index (κ1) is 16.5. The van der Waals surface area contributed by atoms with E-state index in [-0.39, 0.29) is 17.3 Å². The van der Waals surface area contributed by atoms with E-state index in [1.165, 1.54) is 12.8 Å². The largest absolute Gasteiger partial charge is 0.316 e. The molecule has 1 atom stereocenters. The number of piperidine rings is 2. The zero-order valence-electron chi connectivity index (χ0n) is 13.4. The monoisotopic (exact) mass is 322 g/mol. The van der Waals surface area contributed by atoms with Crippen molar-refractivity contribution in [1.29, 1.82) is 0 Å². The van der Waals surface area contributed by atoms with Crippen molar-refractivity contribution in [3.8, 4) is 0 Å². The summed E-state index contributed by atoms with van der Waals surface area (Å²) < 4.78 is 27.0. The van der Waals surface area contributed by atoms with Crippen LogP contribution in [0.25, 0.3) is 0 Å². The van der Waals surface area contributed by atoms with Crippen LogP contribution in [0.3, 0.4) is 0 Å². The number of benzene rings is 1. The third-order valence-electron chi connectivity index (χ3n) is 5.07. The Balaban J connectivity index is 1.53. The Labute approximate surface area is 136 Å². The Morgan fingerprint density at radius 3 is 2.70 bits per heavy atom. The lowest BCUT2D eigenvalue weighted by Gasteiger charge is -2.35. The molecule has 0 radical (unpaired) electrons. The summed E-state index contributed by atoms with van der Waals surface area (Å²) in [6.07, 6.45) is 3.96. The van der Waals surface area contributed by atoms with Gasteiger partial charge in [-0.1, -0.05) is 0 Å². The number of hydrogen-bond acceptors (Lipinski definition) is 3. The molecule has 0 saturated carbocycles. The Hall–Kier alpha value is -1.33. The lowest BCUT2D eigenvalue weighted by atomic mass is 9.88. The van der Waals surface area contributed by atoms with Gasteiger partial charge >= 0.3 is 0 Å². The van der Waals surface area contributed by atoms with Crippen LogP contribution < -0.4 is 5.32 Å². The predicted octanol–water partition coefficient (Wildman–Crippen LogP) is 2.86. The van der Waals surface area contributed by atoms with Crippen molar-refractivity contribution in [1.82, 2.24) is 10.2 Å². The Morgan fingerprint density at radius 1 is 1.22 bits per heavy atom. The fraction of sp³-hybridized carbons (Fsp3) is 0.611. The van der Waals surface area contributed by atoms with Crippen molar-refractivity contribution >= 4 is 5.78 Å². The number of rotatable bonds is 4. The fourth-order valence-corrected chi connectivity index (χ4v) is 3.73. The number of carbonyl (C=O) groups is 1. The topological polar surface area (TPSA) is 32.3 Å². The van der Waals surface area contributed by atoms with Crippen LogP contribution in [-0.4, -0.2) is 43.4 Å². The highest BCUT2D eigenvalue weighted by molar-refractivity contribution is 5.98. The van der Waals surface area contributed by atoms with Crippen molar-refractivity contribution in [2.45, 2.75) is 25.7 Å². The minimum absolute atomic E-state index is 0.0973. The molecule has 0 bridgehead atoms. The molecule has 2 fully saturated rings. The SMILES string of the molecule is O=C(c1cc(F)ccc1F)C1CCN(CC2CCCNC2)CC1. The van der Waals surface area contributed by atoms with E-state index in [0.717, 1.165) is 63.8 Å². The van der Waals surface area contributed by atoms with Gasteiger partial charge in [0.15, 0.2) is 5.78 Å². The van der Waals surface area contributed by atoms with Gasteiger partial charge in [-0.25, -0.2) is 8.78 Å². The van der Waals surface area contributed by atoms with Crippen LogP contribution >= 0.6 is 0 Å². The maximum atomic E-state index is 13.8. The highest BCUT2D eigenvalue weighted by Gasteiger charge is 2.28. The molecule has 0 spiro atoms. The van der Waals surface area contributed by atoms with Gasteiger partial charge in [0, 0.05) is 12.5 Å². The van der Waals surface area contributed by atoms with Gasteiger partial charge in [-0.3, -0.25) is 4.79 Å². The van der Waals surface area contributed by atoms with Crippen LogP contribution in [0.2, 0.25) is 0 Å². The third-order valence-corrected chi connectivity index (χ3v) is 5.07. The minimum Gasteiger partial charge on any atom is -0.316 e. The lowest BCUT2D eigenvalue weighted by molar-refractivity contribution is 0.0816. The molecular weight excluding hydrogens is 298 g/mol. The quantitative estimate of drug-likeness (QED) is 0.865. The molecule has 0 aliphatic carbocycles. The van der Waals surface area contributed by atoms with Gasteiger partial charge in [0.05, 0.1) is 5.56 Å². The third kappa shape index (κ3) is 4.15. The second-order valence-corrected chi connectivity index (χ2v) is 6.78. The summed E-state index contributed by atoms with van der Waals surface area (Å²) >= 11 is 0. The Bertz CT molecular complexity index is 550. The smallest absolute Gasteiger partial charge is 0.169 e. The Kier molecular flexibility index (Phi) is 5.38. The van der Waals surface area contributed by atoms with Gasteiger partial charge in [0.25, 0.3) is 0 Å².